The topological polar surface area (TPSA) is 91.3 Å². The summed E-state index contributed by atoms with van der Waals surface area (Å²) in [6.45, 7) is 17.7. The minimum atomic E-state index is -1.66. The Labute approximate surface area is 326 Å². The highest BCUT2D eigenvalue weighted by Gasteiger charge is 2.36. The van der Waals surface area contributed by atoms with E-state index in [4.69, 9.17) is 39.7 Å². The lowest BCUT2D eigenvalue weighted by Gasteiger charge is -2.35. The van der Waals surface area contributed by atoms with Gasteiger partial charge in [-0.3, -0.25) is 0 Å². The molecule has 0 unspecified atom stereocenters. The lowest BCUT2D eigenvalue weighted by molar-refractivity contribution is 0.198. The van der Waals surface area contributed by atoms with Crippen LogP contribution < -0.4 is 0 Å². The first kappa shape index (κ1) is 47.4. The van der Waals surface area contributed by atoms with Crippen LogP contribution in [0, 0.1) is 47.9 Å². The van der Waals surface area contributed by atoms with E-state index in [0.717, 1.165) is 30.1 Å². The van der Waals surface area contributed by atoms with Crippen LogP contribution in [-0.2, 0) is 9.16 Å². The fraction of sp³-hybridized carbons (Fsp3) is 0.415. The number of hydrogen-bond donors (Lipinski definition) is 1. The Morgan fingerprint density at radius 2 is 1.27 bits per heavy atom. The molecule has 1 saturated heterocycles. The molecule has 1 aliphatic rings. The van der Waals surface area contributed by atoms with Gasteiger partial charge in [-0.15, -0.1) is 12.3 Å². The summed E-state index contributed by atoms with van der Waals surface area (Å²) in [5.41, 5.74) is 0. The minimum absolute atomic E-state index is 0.124. The SMILES string of the molecule is BrCC#Cc1ccco1.Brc1ccco1.C#CCC.C1CCOC1.CC(C)(C)[Si](C)(C)OCC#Cc1ccco1.OCC#Cc1ccco1.[2H]CC. The summed E-state index contributed by atoms with van der Waals surface area (Å²) >= 11 is 6.29. The highest BCUT2D eigenvalue weighted by molar-refractivity contribution is 9.10. The van der Waals surface area contributed by atoms with E-state index in [1.807, 2.05) is 43.3 Å². The Morgan fingerprint density at radius 3 is 1.55 bits per heavy atom. The molecular weight excluding hydrogens is 792 g/mol. The third kappa shape index (κ3) is 29.8. The molecule has 0 saturated carbocycles. The van der Waals surface area contributed by atoms with Crippen molar-refractivity contribution >= 4 is 40.2 Å². The zero-order valence-electron chi connectivity index (χ0n) is 32.0. The predicted octanol–water partition coefficient (Wildman–Crippen LogP) is 11.2. The molecular formula is C41H54Br2O7Si. The van der Waals surface area contributed by atoms with Crippen molar-refractivity contribution in [2.24, 2.45) is 0 Å². The molecule has 0 radical (unpaired) electrons. The highest BCUT2D eigenvalue weighted by atomic mass is 79.9. The van der Waals surface area contributed by atoms with Crippen LogP contribution in [0.15, 0.2) is 95.9 Å². The number of ether oxygens (including phenoxy) is 1. The van der Waals surface area contributed by atoms with Crippen molar-refractivity contribution in [1.82, 2.24) is 0 Å². The molecule has 0 spiro atoms. The van der Waals surface area contributed by atoms with E-state index in [-0.39, 0.29) is 11.6 Å². The summed E-state index contributed by atoms with van der Waals surface area (Å²) < 4.78 is 37.5. The molecule has 0 aliphatic carbocycles. The van der Waals surface area contributed by atoms with Gasteiger partial charge in [-0.05, 0) is 113 Å². The number of aliphatic hydroxyl groups is 1. The fourth-order valence-corrected chi connectivity index (χ4v) is 3.89. The summed E-state index contributed by atoms with van der Waals surface area (Å²) in [4.78, 5) is 0. The number of terminal acetylenes is 1. The zero-order chi connectivity index (χ0) is 39.4. The third-order valence-electron chi connectivity index (χ3n) is 6.17. The van der Waals surface area contributed by atoms with E-state index in [1.54, 1.807) is 44.1 Å². The van der Waals surface area contributed by atoms with E-state index in [2.05, 4.69) is 107 Å². The number of furan rings is 4. The molecule has 1 N–H and O–H groups in total. The quantitative estimate of drug-likeness (QED) is 0.122. The number of hydrogen-bond acceptors (Lipinski definition) is 7. The Morgan fingerprint density at radius 1 is 0.843 bits per heavy atom. The van der Waals surface area contributed by atoms with Crippen LogP contribution in [0.5, 0.6) is 0 Å². The molecule has 5 heterocycles. The first-order chi connectivity index (χ1) is 24.9. The van der Waals surface area contributed by atoms with Crippen LogP contribution in [0.3, 0.4) is 0 Å². The highest BCUT2D eigenvalue weighted by Crippen LogP contribution is 2.36. The first-order valence-corrected chi connectivity index (χ1v) is 21.1. The van der Waals surface area contributed by atoms with Gasteiger partial charge in [0.2, 0.25) is 0 Å². The molecule has 4 aromatic heterocycles. The molecule has 1 aliphatic heterocycles. The van der Waals surface area contributed by atoms with Crippen LogP contribution in [0.1, 0.15) is 79.4 Å². The van der Waals surface area contributed by atoms with E-state index >= 15 is 0 Å². The van der Waals surface area contributed by atoms with Crippen LogP contribution in [0.4, 0.5) is 0 Å². The van der Waals surface area contributed by atoms with Gasteiger partial charge in [-0.1, -0.05) is 75.2 Å². The molecule has 51 heavy (non-hydrogen) atoms. The first-order valence-electron chi connectivity index (χ1n) is 17.0. The Balaban J connectivity index is 0. The molecule has 278 valence electrons. The Hall–Kier alpha value is -3.58. The predicted molar refractivity (Wildman–Crippen MR) is 218 cm³/mol. The summed E-state index contributed by atoms with van der Waals surface area (Å²) in [5, 5.41) is 9.17. The van der Waals surface area contributed by atoms with Gasteiger partial charge in [0.1, 0.15) is 6.61 Å². The van der Waals surface area contributed by atoms with Crippen LogP contribution >= 0.6 is 31.9 Å². The fourth-order valence-electron chi connectivity index (χ4n) is 2.62. The van der Waals surface area contributed by atoms with Crippen molar-refractivity contribution < 1.29 is 33.3 Å². The van der Waals surface area contributed by atoms with Crippen molar-refractivity contribution in [3.63, 3.8) is 0 Å². The summed E-state index contributed by atoms with van der Waals surface area (Å²) in [5.74, 6) is 21.0. The van der Waals surface area contributed by atoms with E-state index in [9.17, 15) is 0 Å². The molecule has 0 bridgehead atoms. The van der Waals surface area contributed by atoms with Gasteiger partial charge in [0, 0.05) is 21.0 Å². The largest absolute Gasteiger partial charge is 0.458 e. The maximum atomic E-state index is 8.25. The second-order valence-electron chi connectivity index (χ2n) is 11.0. The number of halogens is 2. The van der Waals surface area contributed by atoms with Crippen molar-refractivity contribution in [2.45, 2.75) is 78.9 Å². The molecule has 1 fully saturated rings. The molecule has 5 rings (SSSR count). The number of rotatable bonds is 2. The van der Waals surface area contributed by atoms with Gasteiger partial charge in [0.15, 0.2) is 30.3 Å². The summed E-state index contributed by atoms with van der Waals surface area (Å²) in [7, 11) is -1.66. The lowest BCUT2D eigenvalue weighted by atomic mass is 10.2. The molecule has 4 aromatic rings. The summed E-state index contributed by atoms with van der Waals surface area (Å²) in [6.07, 6.45) is 14.6. The van der Waals surface area contributed by atoms with Crippen LogP contribution in [0.2, 0.25) is 18.1 Å². The van der Waals surface area contributed by atoms with E-state index in [1.165, 1.54) is 12.8 Å². The average molecular weight is 848 g/mol. The normalized spacial score (nSPS) is 10.8. The average Bonchev–Trinajstić information content (AvgIpc) is 3.98. The van der Waals surface area contributed by atoms with Crippen molar-refractivity contribution in [3.05, 3.63) is 95.5 Å². The van der Waals surface area contributed by atoms with E-state index < -0.39 is 8.32 Å². The van der Waals surface area contributed by atoms with Crippen molar-refractivity contribution in [1.29, 1.82) is 0 Å². The monoisotopic (exact) mass is 845 g/mol. The molecule has 10 heteroatoms. The van der Waals surface area contributed by atoms with Gasteiger partial charge < -0.3 is 31.9 Å². The molecule has 0 aromatic carbocycles. The Bertz CT molecular complexity index is 1490. The molecule has 0 amide bonds. The van der Waals surface area contributed by atoms with Crippen molar-refractivity contribution in [2.75, 3.05) is 31.8 Å². The number of alkyl halides is 1. The van der Waals surface area contributed by atoms with Gasteiger partial charge in [0.05, 0.1) is 37.0 Å². The van der Waals surface area contributed by atoms with Crippen LogP contribution in [-0.4, -0.2) is 45.2 Å². The third-order valence-corrected chi connectivity index (χ3v) is 11.4. The molecule has 7 nitrogen and oxygen atoms in total. The lowest BCUT2D eigenvalue weighted by Crippen LogP contribution is -2.40. The molecule has 0 atom stereocenters. The van der Waals surface area contributed by atoms with Gasteiger partial charge in [-0.2, -0.15) is 0 Å². The minimum Gasteiger partial charge on any atom is -0.458 e. The van der Waals surface area contributed by atoms with Crippen LogP contribution in [0.25, 0.3) is 0 Å². The second kappa shape index (κ2) is 33.6. The number of aliphatic hydroxyl groups excluding tert-OH is 1. The summed E-state index contributed by atoms with van der Waals surface area (Å²) in [6, 6.07) is 14.5. The smallest absolute Gasteiger partial charge is 0.193 e. The van der Waals surface area contributed by atoms with Gasteiger partial charge in [-0.25, -0.2) is 0 Å². The second-order valence-corrected chi connectivity index (χ2v) is 17.1. The van der Waals surface area contributed by atoms with E-state index in [0.29, 0.717) is 30.4 Å². The Kier molecular flexibility index (Phi) is 31.2. The van der Waals surface area contributed by atoms with Crippen molar-refractivity contribution in [3.8, 4) is 47.9 Å². The standard InChI is InChI=1S/C13H20O2Si.C7H5BrO.C7H6O2.C4H3BrO.C4H8O.C4H6.C2H6/c1-13(2,3)16(4,5)15-11-7-9-12-8-6-10-14-12;2*8-5-1-3-7-4-2-6-9-7;5-4-2-1-3-6-4;1-2-4-5-3-1;1-3-4-2;1-2/h6,8,10H,11H2,1-5H3;2,4,6H,5H2;2,4,6,8H,5H2;1-3H;1-4H2;1H,4H2,2H3;1-2H3/i;;;;;;1D. The zero-order valence-corrected chi connectivity index (χ0v) is 35.2. The van der Waals surface area contributed by atoms with Gasteiger partial charge >= 0.3 is 0 Å². The maximum Gasteiger partial charge on any atom is 0.193 e. The maximum absolute atomic E-state index is 8.25. The van der Waals surface area contributed by atoms with Gasteiger partial charge in [0.25, 0.3) is 0 Å².